The molecule has 2 aromatic rings. The van der Waals surface area contributed by atoms with Crippen molar-refractivity contribution in [1.82, 2.24) is 25.1 Å². The summed E-state index contributed by atoms with van der Waals surface area (Å²) in [6.07, 6.45) is 9.51. The zero-order valence-corrected chi connectivity index (χ0v) is 25.9. The Balaban J connectivity index is 0.933. The molecule has 1 spiro atoms. The maximum atomic E-state index is 13.4. The molecule has 4 heterocycles. The topological polar surface area (TPSA) is 151 Å². The van der Waals surface area contributed by atoms with Crippen molar-refractivity contribution in [3.8, 4) is 5.75 Å². The summed E-state index contributed by atoms with van der Waals surface area (Å²) in [5.74, 6) is 0.807. The number of hydrogen-bond acceptors (Lipinski definition) is 9. The van der Waals surface area contributed by atoms with E-state index in [0.717, 1.165) is 75.3 Å². The lowest BCUT2D eigenvalue weighted by atomic mass is 9.85. The van der Waals surface area contributed by atoms with Crippen LogP contribution in [0.4, 0.5) is 5.82 Å². The van der Waals surface area contributed by atoms with E-state index in [1.165, 1.54) is 6.20 Å². The highest BCUT2D eigenvalue weighted by atomic mass is 16.5. The number of nitrogens with zero attached hydrogens (tertiary/aromatic N) is 5. The van der Waals surface area contributed by atoms with Crippen LogP contribution in [0.3, 0.4) is 0 Å². The molecule has 1 aromatic heterocycles. The number of amides is 4. The number of aromatic nitrogens is 2. The molecule has 45 heavy (non-hydrogen) atoms. The van der Waals surface area contributed by atoms with Gasteiger partial charge in [-0.05, 0) is 75.6 Å². The molecule has 2 aliphatic carbocycles. The predicted octanol–water partition coefficient (Wildman–Crippen LogP) is 2.36. The Bertz CT molecular complexity index is 1510. The van der Waals surface area contributed by atoms with E-state index in [1.807, 2.05) is 18.2 Å². The molecule has 238 valence electrons. The summed E-state index contributed by atoms with van der Waals surface area (Å²) in [5.41, 5.74) is 6.61. The Morgan fingerprint density at radius 1 is 1.11 bits per heavy atom. The maximum absolute atomic E-state index is 13.4. The van der Waals surface area contributed by atoms with Gasteiger partial charge < -0.3 is 20.3 Å². The second kappa shape index (κ2) is 11.4. The van der Waals surface area contributed by atoms with E-state index < -0.39 is 17.5 Å². The SMILES string of the molecule is CC(C)N(CC1CCN(c2cnc(C(N)=O)cn2)CC1)[C@H]1C[C@H](Oc2ccc3c(c2)C2(CC2)N(C2CCC(=O)NC2=O)C3=O)C1. The highest BCUT2D eigenvalue weighted by Crippen LogP contribution is 2.58. The van der Waals surface area contributed by atoms with E-state index in [0.29, 0.717) is 30.0 Å². The first kappa shape index (κ1) is 29.6. The lowest BCUT2D eigenvalue weighted by Crippen LogP contribution is -2.55. The quantitative estimate of drug-likeness (QED) is 0.405. The van der Waals surface area contributed by atoms with Crippen molar-refractivity contribution >= 4 is 29.4 Å². The lowest BCUT2D eigenvalue weighted by Gasteiger charge is -2.46. The average Bonchev–Trinajstić information content (AvgIpc) is 3.76. The van der Waals surface area contributed by atoms with Gasteiger partial charge in [-0.25, -0.2) is 9.97 Å². The molecule has 12 heteroatoms. The van der Waals surface area contributed by atoms with Crippen LogP contribution in [0.5, 0.6) is 5.75 Å². The lowest BCUT2D eigenvalue weighted by molar-refractivity contribution is -0.137. The van der Waals surface area contributed by atoms with Gasteiger partial charge in [0.05, 0.1) is 17.9 Å². The van der Waals surface area contributed by atoms with Gasteiger partial charge in [-0.1, -0.05) is 0 Å². The second-order valence-corrected chi connectivity index (χ2v) is 13.6. The number of primary amides is 1. The molecular weight excluding hydrogens is 574 g/mol. The fraction of sp³-hybridized carbons (Fsp3) is 0.576. The van der Waals surface area contributed by atoms with Crippen molar-refractivity contribution in [2.75, 3.05) is 24.5 Å². The van der Waals surface area contributed by atoms with Gasteiger partial charge in [-0.2, -0.15) is 0 Å². The molecule has 1 atom stereocenters. The van der Waals surface area contributed by atoms with Gasteiger partial charge in [0, 0.05) is 56.5 Å². The average molecular weight is 616 g/mol. The zero-order valence-electron chi connectivity index (χ0n) is 25.9. The van der Waals surface area contributed by atoms with E-state index >= 15 is 0 Å². The smallest absolute Gasteiger partial charge is 0.268 e. The number of fused-ring (bicyclic) bond motifs is 2. The van der Waals surface area contributed by atoms with Crippen LogP contribution < -0.4 is 20.7 Å². The number of carbonyl (C=O) groups excluding carboxylic acids is 4. The van der Waals surface area contributed by atoms with Crippen molar-refractivity contribution in [1.29, 1.82) is 0 Å². The van der Waals surface area contributed by atoms with Crippen molar-refractivity contribution in [3.05, 3.63) is 47.4 Å². The maximum Gasteiger partial charge on any atom is 0.268 e. The molecule has 0 bridgehead atoms. The molecule has 7 rings (SSSR count). The van der Waals surface area contributed by atoms with Crippen LogP contribution in [-0.2, 0) is 15.1 Å². The number of hydrogen-bond donors (Lipinski definition) is 2. The molecule has 4 fully saturated rings. The normalized spacial score (nSPS) is 25.9. The standard InChI is InChI=1S/C33H41N7O5/c1-19(2)39(18-20-7-11-38(12-8-20)28-17-35-26(16-36-28)30(34)42)21-13-23(14-21)45-22-3-4-24-25(15-22)33(9-10-33)40(32(24)44)27-5-6-29(41)37-31(27)43/h3-4,15-17,19-21,23,27H,5-14,18H2,1-2H3,(H2,34,42)(H,37,41,43)/t21-,23-,27?. The van der Waals surface area contributed by atoms with Gasteiger partial charge in [0.1, 0.15) is 29.4 Å². The van der Waals surface area contributed by atoms with Crippen LogP contribution in [0.2, 0.25) is 0 Å². The zero-order chi connectivity index (χ0) is 31.5. The Kier molecular flexibility index (Phi) is 7.50. The van der Waals surface area contributed by atoms with E-state index in [4.69, 9.17) is 10.5 Å². The van der Waals surface area contributed by atoms with Gasteiger partial charge in [0.25, 0.3) is 11.8 Å². The molecule has 2 saturated carbocycles. The molecule has 2 saturated heterocycles. The van der Waals surface area contributed by atoms with Crippen molar-refractivity contribution in [3.63, 3.8) is 0 Å². The molecule has 0 radical (unpaired) electrons. The third-order valence-electron chi connectivity index (χ3n) is 10.5. The fourth-order valence-electron chi connectivity index (χ4n) is 7.75. The Morgan fingerprint density at radius 2 is 1.87 bits per heavy atom. The summed E-state index contributed by atoms with van der Waals surface area (Å²) in [5, 5.41) is 2.41. The van der Waals surface area contributed by atoms with E-state index in [1.54, 1.807) is 11.1 Å². The van der Waals surface area contributed by atoms with Crippen LogP contribution in [0.25, 0.3) is 0 Å². The van der Waals surface area contributed by atoms with E-state index in [9.17, 15) is 19.2 Å². The van der Waals surface area contributed by atoms with Crippen molar-refractivity contribution in [2.24, 2.45) is 11.7 Å². The first-order valence-corrected chi connectivity index (χ1v) is 16.2. The van der Waals surface area contributed by atoms with Crippen LogP contribution in [0.1, 0.15) is 91.6 Å². The Hall–Kier alpha value is -4.06. The third kappa shape index (κ3) is 5.43. The molecule has 4 amide bonds. The Morgan fingerprint density at radius 3 is 2.49 bits per heavy atom. The molecule has 3 aliphatic heterocycles. The molecule has 1 unspecified atom stereocenters. The van der Waals surface area contributed by atoms with Gasteiger partial charge in [-0.15, -0.1) is 0 Å². The summed E-state index contributed by atoms with van der Waals surface area (Å²) in [6.45, 7) is 7.39. The summed E-state index contributed by atoms with van der Waals surface area (Å²) in [7, 11) is 0. The largest absolute Gasteiger partial charge is 0.490 e. The van der Waals surface area contributed by atoms with Crippen LogP contribution in [-0.4, -0.2) is 87.3 Å². The minimum absolute atomic E-state index is 0.122. The molecular formula is C33H41N7O5. The highest BCUT2D eigenvalue weighted by molar-refractivity contribution is 6.06. The number of anilines is 1. The number of piperidine rings is 2. The van der Waals surface area contributed by atoms with Crippen LogP contribution in [0, 0.1) is 5.92 Å². The summed E-state index contributed by atoms with van der Waals surface area (Å²) < 4.78 is 6.46. The highest BCUT2D eigenvalue weighted by Gasteiger charge is 2.61. The first-order chi connectivity index (χ1) is 21.6. The van der Waals surface area contributed by atoms with Gasteiger partial charge in [0.2, 0.25) is 11.8 Å². The molecule has 12 nitrogen and oxygen atoms in total. The minimum atomic E-state index is -0.611. The number of imide groups is 1. The number of nitrogens with one attached hydrogen (secondary N) is 1. The van der Waals surface area contributed by atoms with Crippen molar-refractivity contribution in [2.45, 2.75) is 95.0 Å². The van der Waals surface area contributed by atoms with E-state index in [-0.39, 0.29) is 35.9 Å². The van der Waals surface area contributed by atoms with Gasteiger partial charge in [-0.3, -0.25) is 29.4 Å². The summed E-state index contributed by atoms with van der Waals surface area (Å²) >= 11 is 0. The second-order valence-electron chi connectivity index (χ2n) is 13.6. The summed E-state index contributed by atoms with van der Waals surface area (Å²) in [6, 6.07) is 6.03. The molecule has 1 aromatic carbocycles. The number of carbonyl (C=O) groups is 4. The third-order valence-corrected chi connectivity index (χ3v) is 10.5. The monoisotopic (exact) mass is 615 g/mol. The predicted molar refractivity (Wildman–Crippen MR) is 164 cm³/mol. The number of ether oxygens (including phenoxy) is 1. The number of nitrogens with two attached hydrogens (primary N) is 1. The molecule has 3 N–H and O–H groups in total. The molecule has 5 aliphatic rings. The number of rotatable bonds is 9. The van der Waals surface area contributed by atoms with Crippen molar-refractivity contribution < 1.29 is 23.9 Å². The fourth-order valence-corrected chi connectivity index (χ4v) is 7.75. The van der Waals surface area contributed by atoms with Gasteiger partial charge >= 0.3 is 0 Å². The Labute approximate surface area is 262 Å². The number of benzene rings is 1. The summed E-state index contributed by atoms with van der Waals surface area (Å²) in [4.78, 5) is 64.2. The minimum Gasteiger partial charge on any atom is -0.490 e. The first-order valence-electron chi connectivity index (χ1n) is 16.2. The van der Waals surface area contributed by atoms with E-state index in [2.05, 4.69) is 38.9 Å². The van der Waals surface area contributed by atoms with Crippen LogP contribution in [0.15, 0.2) is 30.6 Å². The van der Waals surface area contributed by atoms with Gasteiger partial charge in [0.15, 0.2) is 0 Å². The van der Waals surface area contributed by atoms with Crippen LogP contribution >= 0.6 is 0 Å².